The van der Waals surface area contributed by atoms with E-state index < -0.39 is 0 Å². The summed E-state index contributed by atoms with van der Waals surface area (Å²) in [4.78, 5) is 4.61. The SMILES string of the molecule is COCCn1c(CCCl)nc2cc(OC)ccc21. The van der Waals surface area contributed by atoms with Crippen LogP contribution in [0.5, 0.6) is 5.75 Å². The summed E-state index contributed by atoms with van der Waals surface area (Å²) in [6.07, 6.45) is 0.752. The highest BCUT2D eigenvalue weighted by molar-refractivity contribution is 6.17. The topological polar surface area (TPSA) is 36.3 Å². The molecule has 1 heterocycles. The zero-order chi connectivity index (χ0) is 13.0. The highest BCUT2D eigenvalue weighted by Crippen LogP contribution is 2.22. The molecular formula is C13H17ClN2O2. The molecule has 0 radical (unpaired) electrons. The fourth-order valence-corrected chi connectivity index (χ4v) is 2.16. The number of ether oxygens (including phenoxy) is 2. The summed E-state index contributed by atoms with van der Waals surface area (Å²) in [6, 6.07) is 5.91. The van der Waals surface area contributed by atoms with Crippen molar-refractivity contribution in [3.63, 3.8) is 0 Å². The van der Waals surface area contributed by atoms with E-state index in [1.165, 1.54) is 0 Å². The standard InChI is InChI=1S/C13H17ClN2O2/c1-17-8-7-16-12-4-3-10(18-2)9-11(12)15-13(16)5-6-14/h3-4,9H,5-8H2,1-2H3. The Labute approximate surface area is 111 Å². The average Bonchev–Trinajstić information content (AvgIpc) is 2.73. The van der Waals surface area contributed by atoms with Gasteiger partial charge < -0.3 is 14.0 Å². The Hall–Kier alpha value is -1.26. The molecule has 18 heavy (non-hydrogen) atoms. The van der Waals surface area contributed by atoms with Crippen molar-refractivity contribution in [3.05, 3.63) is 24.0 Å². The van der Waals surface area contributed by atoms with Crippen LogP contribution in [-0.2, 0) is 17.7 Å². The number of aromatic nitrogens is 2. The van der Waals surface area contributed by atoms with Crippen LogP contribution in [-0.4, -0.2) is 36.3 Å². The number of methoxy groups -OCH3 is 2. The summed E-state index contributed by atoms with van der Waals surface area (Å²) in [5, 5.41) is 0. The fraction of sp³-hybridized carbons (Fsp3) is 0.462. The maximum Gasteiger partial charge on any atom is 0.121 e. The monoisotopic (exact) mass is 268 g/mol. The Morgan fingerprint density at radius 2 is 2.17 bits per heavy atom. The molecule has 0 fully saturated rings. The molecule has 98 valence electrons. The van der Waals surface area contributed by atoms with Crippen molar-refractivity contribution in [2.24, 2.45) is 0 Å². The van der Waals surface area contributed by atoms with Gasteiger partial charge in [0.1, 0.15) is 11.6 Å². The molecule has 0 unspecified atom stereocenters. The molecule has 0 aliphatic carbocycles. The molecule has 2 rings (SSSR count). The summed E-state index contributed by atoms with van der Waals surface area (Å²) in [7, 11) is 3.35. The van der Waals surface area contributed by atoms with Crippen molar-refractivity contribution in [1.82, 2.24) is 9.55 Å². The Balaban J connectivity index is 2.45. The Kier molecular flexibility index (Phi) is 4.44. The molecule has 4 nitrogen and oxygen atoms in total. The van der Waals surface area contributed by atoms with Crippen molar-refractivity contribution in [1.29, 1.82) is 0 Å². The van der Waals surface area contributed by atoms with Gasteiger partial charge in [-0.1, -0.05) is 0 Å². The number of hydrogen-bond donors (Lipinski definition) is 0. The van der Waals surface area contributed by atoms with Gasteiger partial charge >= 0.3 is 0 Å². The minimum atomic E-state index is 0.563. The van der Waals surface area contributed by atoms with Gasteiger partial charge in [-0.25, -0.2) is 4.98 Å². The quantitative estimate of drug-likeness (QED) is 0.755. The zero-order valence-electron chi connectivity index (χ0n) is 10.6. The minimum absolute atomic E-state index is 0.563. The van der Waals surface area contributed by atoms with Crippen molar-refractivity contribution < 1.29 is 9.47 Å². The van der Waals surface area contributed by atoms with E-state index in [-0.39, 0.29) is 0 Å². The van der Waals surface area contributed by atoms with Crippen LogP contribution in [0.15, 0.2) is 18.2 Å². The normalized spacial score (nSPS) is 11.1. The minimum Gasteiger partial charge on any atom is -0.497 e. The summed E-state index contributed by atoms with van der Waals surface area (Å²) < 4.78 is 12.5. The van der Waals surface area contributed by atoms with E-state index in [1.807, 2.05) is 18.2 Å². The first-order valence-corrected chi connectivity index (χ1v) is 6.41. The van der Waals surface area contributed by atoms with E-state index in [0.717, 1.165) is 35.6 Å². The molecule has 0 amide bonds. The van der Waals surface area contributed by atoms with Crippen LogP contribution in [0.25, 0.3) is 11.0 Å². The van der Waals surface area contributed by atoms with Gasteiger partial charge in [0.2, 0.25) is 0 Å². The first-order chi connectivity index (χ1) is 8.80. The van der Waals surface area contributed by atoms with E-state index in [0.29, 0.717) is 12.5 Å². The van der Waals surface area contributed by atoms with Gasteiger partial charge in [-0.15, -0.1) is 11.6 Å². The van der Waals surface area contributed by atoms with E-state index in [2.05, 4.69) is 9.55 Å². The van der Waals surface area contributed by atoms with Crippen LogP contribution >= 0.6 is 11.6 Å². The average molecular weight is 269 g/mol. The maximum atomic E-state index is 5.82. The number of benzene rings is 1. The van der Waals surface area contributed by atoms with Gasteiger partial charge in [0.05, 0.1) is 24.8 Å². The molecule has 0 saturated carbocycles. The lowest BCUT2D eigenvalue weighted by atomic mass is 10.3. The lowest BCUT2D eigenvalue weighted by Gasteiger charge is -2.07. The summed E-state index contributed by atoms with van der Waals surface area (Å²) in [5.74, 6) is 2.37. The number of halogens is 1. The molecular weight excluding hydrogens is 252 g/mol. The van der Waals surface area contributed by atoms with Crippen LogP contribution in [0, 0.1) is 0 Å². The molecule has 2 aromatic rings. The smallest absolute Gasteiger partial charge is 0.121 e. The third-order valence-electron chi connectivity index (χ3n) is 2.87. The second kappa shape index (κ2) is 6.07. The first-order valence-electron chi connectivity index (χ1n) is 5.88. The molecule has 0 spiro atoms. The Morgan fingerprint density at radius 1 is 1.33 bits per heavy atom. The summed E-state index contributed by atoms with van der Waals surface area (Å²) >= 11 is 5.82. The number of rotatable bonds is 6. The van der Waals surface area contributed by atoms with Crippen molar-refractivity contribution >= 4 is 22.6 Å². The van der Waals surface area contributed by atoms with Crippen molar-refractivity contribution in [2.45, 2.75) is 13.0 Å². The number of aryl methyl sites for hydroxylation is 1. The molecule has 0 bridgehead atoms. The van der Waals surface area contributed by atoms with Gasteiger partial charge in [-0.2, -0.15) is 0 Å². The first kappa shape index (κ1) is 13.2. The van der Waals surface area contributed by atoms with Crippen molar-refractivity contribution in [2.75, 3.05) is 26.7 Å². The molecule has 0 N–H and O–H groups in total. The van der Waals surface area contributed by atoms with Crippen LogP contribution in [0.2, 0.25) is 0 Å². The lowest BCUT2D eigenvalue weighted by molar-refractivity contribution is 0.187. The largest absolute Gasteiger partial charge is 0.497 e. The number of hydrogen-bond acceptors (Lipinski definition) is 3. The molecule has 5 heteroatoms. The summed E-state index contributed by atoms with van der Waals surface area (Å²) in [5.41, 5.74) is 2.03. The van der Waals surface area contributed by atoms with E-state index in [9.17, 15) is 0 Å². The van der Waals surface area contributed by atoms with Crippen LogP contribution in [0.4, 0.5) is 0 Å². The van der Waals surface area contributed by atoms with Gasteiger partial charge in [0, 0.05) is 32.0 Å². The number of fused-ring (bicyclic) bond motifs is 1. The van der Waals surface area contributed by atoms with Crippen LogP contribution in [0.3, 0.4) is 0 Å². The number of alkyl halides is 1. The molecule has 1 aromatic carbocycles. The predicted molar refractivity (Wildman–Crippen MR) is 72.6 cm³/mol. The Morgan fingerprint density at radius 3 is 2.83 bits per heavy atom. The van der Waals surface area contributed by atoms with E-state index in [1.54, 1.807) is 14.2 Å². The van der Waals surface area contributed by atoms with Crippen molar-refractivity contribution in [3.8, 4) is 5.75 Å². The lowest BCUT2D eigenvalue weighted by Crippen LogP contribution is -2.08. The Bertz CT molecular complexity index is 525. The molecule has 0 saturated heterocycles. The number of imidazole rings is 1. The number of nitrogens with zero attached hydrogens (tertiary/aromatic N) is 2. The third kappa shape index (κ3) is 2.60. The highest BCUT2D eigenvalue weighted by Gasteiger charge is 2.10. The third-order valence-corrected chi connectivity index (χ3v) is 3.06. The fourth-order valence-electron chi connectivity index (χ4n) is 1.99. The van der Waals surface area contributed by atoms with Crippen LogP contribution < -0.4 is 4.74 Å². The second-order valence-corrected chi connectivity index (χ2v) is 4.34. The predicted octanol–water partition coefficient (Wildman–Crippen LogP) is 2.47. The van der Waals surface area contributed by atoms with Gasteiger partial charge in [-0.05, 0) is 12.1 Å². The molecule has 0 aliphatic rings. The van der Waals surface area contributed by atoms with Gasteiger partial charge in [-0.3, -0.25) is 0 Å². The summed E-state index contributed by atoms with van der Waals surface area (Å²) in [6.45, 7) is 1.44. The van der Waals surface area contributed by atoms with E-state index >= 15 is 0 Å². The van der Waals surface area contributed by atoms with Gasteiger partial charge in [0.25, 0.3) is 0 Å². The maximum absolute atomic E-state index is 5.82. The highest BCUT2D eigenvalue weighted by atomic mass is 35.5. The van der Waals surface area contributed by atoms with Crippen LogP contribution in [0.1, 0.15) is 5.82 Å². The molecule has 1 aromatic heterocycles. The molecule has 0 atom stereocenters. The molecule has 0 aliphatic heterocycles. The van der Waals surface area contributed by atoms with E-state index in [4.69, 9.17) is 21.1 Å². The second-order valence-electron chi connectivity index (χ2n) is 3.97. The van der Waals surface area contributed by atoms with Gasteiger partial charge in [0.15, 0.2) is 0 Å². The zero-order valence-corrected chi connectivity index (χ0v) is 11.4.